The van der Waals surface area contributed by atoms with Gasteiger partial charge in [-0.3, -0.25) is 9.59 Å². The van der Waals surface area contributed by atoms with Crippen LogP contribution in [0.25, 0.3) is 10.9 Å². The van der Waals surface area contributed by atoms with E-state index in [-0.39, 0.29) is 31.4 Å². The third-order valence-corrected chi connectivity index (χ3v) is 10.2. The smallest absolute Gasteiger partial charge is 0.408 e. The molecule has 1 aliphatic carbocycles. The highest BCUT2D eigenvalue weighted by molar-refractivity contribution is 5.97. The summed E-state index contributed by atoms with van der Waals surface area (Å²) in [4.78, 5) is 61.7. The number of allylic oxidation sites excluding steroid dienone is 1. The van der Waals surface area contributed by atoms with Crippen molar-refractivity contribution in [3.05, 3.63) is 47.2 Å². The highest BCUT2D eigenvalue weighted by Gasteiger charge is 2.63. The molecule has 1 spiro atoms. The molecule has 0 bridgehead atoms. The zero-order valence-electron chi connectivity index (χ0n) is 29.6. The number of carbonyl (C=O) groups is 4. The molecule has 6 rings (SSSR count). The Bertz CT molecular complexity index is 1680. The number of hydrogen-bond donors (Lipinski definition) is 2. The molecule has 3 amide bonds. The number of pyridine rings is 1. The van der Waals surface area contributed by atoms with Gasteiger partial charge in [-0.15, -0.1) is 0 Å². The lowest BCUT2D eigenvalue weighted by atomic mass is 9.87. The number of fused-ring (bicyclic) bond motifs is 5. The van der Waals surface area contributed by atoms with Crippen molar-refractivity contribution in [2.75, 3.05) is 13.2 Å². The topological polar surface area (TPSA) is 136 Å². The second kappa shape index (κ2) is 13.3. The molecule has 2 aromatic rings. The third-order valence-electron chi connectivity index (χ3n) is 10.2. The number of benzene rings is 1. The Morgan fingerprint density at radius 1 is 1.14 bits per heavy atom. The van der Waals surface area contributed by atoms with Crippen LogP contribution in [0.3, 0.4) is 0 Å². The summed E-state index contributed by atoms with van der Waals surface area (Å²) in [5.41, 5.74) is 1.07. The summed E-state index contributed by atoms with van der Waals surface area (Å²) in [5.74, 6) is -0.766. The van der Waals surface area contributed by atoms with Crippen molar-refractivity contribution < 1.29 is 33.4 Å². The molecule has 2 fully saturated rings. The van der Waals surface area contributed by atoms with Gasteiger partial charge in [-0.1, -0.05) is 36.6 Å². The number of aryl methyl sites for hydroxylation is 3. The maximum absolute atomic E-state index is 14.6. The molecule has 11 heteroatoms. The van der Waals surface area contributed by atoms with Gasteiger partial charge in [0, 0.05) is 23.3 Å². The van der Waals surface area contributed by atoms with Crippen LogP contribution in [0, 0.1) is 19.8 Å². The number of amides is 3. The van der Waals surface area contributed by atoms with E-state index in [1.807, 2.05) is 32.1 Å². The van der Waals surface area contributed by atoms with Crippen molar-refractivity contribution >= 4 is 34.8 Å². The number of esters is 1. The van der Waals surface area contributed by atoms with Crippen LogP contribution in [0.15, 0.2) is 30.4 Å². The summed E-state index contributed by atoms with van der Waals surface area (Å²) in [5, 5.41) is 6.91. The Hall–Kier alpha value is -4.15. The summed E-state index contributed by atoms with van der Waals surface area (Å²) in [6.45, 7) is 11.4. The molecule has 0 radical (unpaired) electrons. The zero-order chi connectivity index (χ0) is 35.1. The van der Waals surface area contributed by atoms with Gasteiger partial charge in [0.15, 0.2) is 0 Å². The molecule has 1 saturated carbocycles. The normalized spacial score (nSPS) is 28.7. The minimum absolute atomic E-state index is 0.150. The highest BCUT2D eigenvalue weighted by Crippen LogP contribution is 2.48. The largest absolute Gasteiger partial charge is 0.483 e. The molecular formula is C38H50N4O7. The molecule has 5 unspecified atom stereocenters. The van der Waals surface area contributed by atoms with Crippen LogP contribution >= 0.6 is 0 Å². The second-order valence-corrected chi connectivity index (χ2v) is 15.3. The Kier molecular flexibility index (Phi) is 9.41. The van der Waals surface area contributed by atoms with E-state index in [4.69, 9.17) is 19.2 Å². The fraction of sp³-hybridized carbons (Fsp3) is 0.605. The molecule has 1 aromatic heterocycles. The first-order chi connectivity index (χ1) is 23.2. The number of rotatable bonds is 3. The van der Waals surface area contributed by atoms with Gasteiger partial charge < -0.3 is 29.7 Å². The Morgan fingerprint density at radius 2 is 1.94 bits per heavy atom. The molecule has 11 nitrogen and oxygen atoms in total. The quantitative estimate of drug-likeness (QED) is 0.328. The standard InChI is InChI=1S/C38H50N4O7/c1-7-47-34(45)38-20-25(38)13-11-9-8-10-12-14-29(40-35(46)49-36(4,5)6)33(44)42-22-37(21-30(42)32(43)41-38)18-17-26-27-19-23(2)15-16-28(27)39-24(3)31(26)48-37/h11,13,15-16,19,25,29-30H,7-10,12,14,17-18,20-22H2,1-6H3,(H,40,46)(H,41,43). The van der Waals surface area contributed by atoms with Crippen LogP contribution < -0.4 is 15.4 Å². The average Bonchev–Trinajstić information content (AvgIpc) is 3.61. The molecular weight excluding hydrogens is 624 g/mol. The first-order valence-electron chi connectivity index (χ1n) is 17.8. The number of carbonyl (C=O) groups excluding carboxylic acids is 4. The molecule has 3 aliphatic heterocycles. The Morgan fingerprint density at radius 3 is 2.69 bits per heavy atom. The molecule has 1 aromatic carbocycles. The number of ether oxygens (including phenoxy) is 3. The minimum Gasteiger partial charge on any atom is -0.483 e. The van der Waals surface area contributed by atoms with Crippen molar-refractivity contribution in [3.8, 4) is 5.75 Å². The van der Waals surface area contributed by atoms with Crippen molar-refractivity contribution in [2.24, 2.45) is 5.92 Å². The van der Waals surface area contributed by atoms with Gasteiger partial charge in [-0.05, 0) is 92.2 Å². The molecule has 5 atom stereocenters. The molecule has 49 heavy (non-hydrogen) atoms. The van der Waals surface area contributed by atoms with Crippen LogP contribution in [0.4, 0.5) is 4.79 Å². The fourth-order valence-corrected chi connectivity index (χ4v) is 7.70. The molecule has 264 valence electrons. The van der Waals surface area contributed by atoms with E-state index >= 15 is 0 Å². The highest BCUT2D eigenvalue weighted by atomic mass is 16.6. The van der Waals surface area contributed by atoms with Crippen molar-refractivity contribution in [2.45, 2.75) is 128 Å². The van der Waals surface area contributed by atoms with Crippen LogP contribution in [-0.2, 0) is 30.3 Å². The van der Waals surface area contributed by atoms with Gasteiger partial charge in [0.25, 0.3) is 0 Å². The fourth-order valence-electron chi connectivity index (χ4n) is 7.70. The first-order valence-corrected chi connectivity index (χ1v) is 17.8. The number of aromatic nitrogens is 1. The van der Waals surface area contributed by atoms with Gasteiger partial charge in [-0.25, -0.2) is 14.6 Å². The number of nitrogens with zero attached hydrogens (tertiary/aromatic N) is 2. The predicted octanol–water partition coefficient (Wildman–Crippen LogP) is 5.37. The van der Waals surface area contributed by atoms with E-state index in [0.717, 1.165) is 47.0 Å². The summed E-state index contributed by atoms with van der Waals surface area (Å²) in [7, 11) is 0. The Balaban J connectivity index is 1.36. The second-order valence-electron chi connectivity index (χ2n) is 15.3. The van der Waals surface area contributed by atoms with Crippen LogP contribution in [-0.4, -0.2) is 75.7 Å². The molecule has 4 heterocycles. The summed E-state index contributed by atoms with van der Waals surface area (Å²) < 4.78 is 17.9. The van der Waals surface area contributed by atoms with Gasteiger partial charge in [0.1, 0.15) is 34.6 Å². The third kappa shape index (κ3) is 7.12. The molecule has 2 N–H and O–H groups in total. The van der Waals surface area contributed by atoms with Gasteiger partial charge in [0.2, 0.25) is 11.8 Å². The van der Waals surface area contributed by atoms with E-state index in [0.29, 0.717) is 37.9 Å². The monoisotopic (exact) mass is 674 g/mol. The van der Waals surface area contributed by atoms with Crippen molar-refractivity contribution in [1.29, 1.82) is 0 Å². The lowest BCUT2D eigenvalue weighted by molar-refractivity contribution is -0.150. The van der Waals surface area contributed by atoms with E-state index in [1.54, 1.807) is 32.6 Å². The van der Waals surface area contributed by atoms with Crippen molar-refractivity contribution in [1.82, 2.24) is 20.5 Å². The van der Waals surface area contributed by atoms with Crippen LogP contribution in [0.1, 0.15) is 95.9 Å². The number of nitrogens with one attached hydrogen (secondary N) is 2. The van der Waals surface area contributed by atoms with E-state index < -0.39 is 46.8 Å². The van der Waals surface area contributed by atoms with Gasteiger partial charge in [0.05, 0.1) is 24.4 Å². The maximum Gasteiger partial charge on any atom is 0.408 e. The SMILES string of the molecule is CCOC(=O)C12CC1C=CCCCCCC(NC(=O)OC(C)(C)C)C(=O)N1CC3(CCc4c(c(C)nc5ccc(C)cc45)O3)CC1C(=O)N2. The molecule has 1 saturated heterocycles. The van der Waals surface area contributed by atoms with Crippen molar-refractivity contribution in [3.63, 3.8) is 0 Å². The zero-order valence-corrected chi connectivity index (χ0v) is 29.6. The average molecular weight is 675 g/mol. The lowest BCUT2D eigenvalue weighted by Crippen LogP contribution is -2.57. The lowest BCUT2D eigenvalue weighted by Gasteiger charge is -2.37. The summed E-state index contributed by atoms with van der Waals surface area (Å²) >= 11 is 0. The maximum atomic E-state index is 14.6. The summed E-state index contributed by atoms with van der Waals surface area (Å²) in [6, 6.07) is 4.35. The predicted molar refractivity (Wildman–Crippen MR) is 184 cm³/mol. The van der Waals surface area contributed by atoms with Gasteiger partial charge >= 0.3 is 12.1 Å². The van der Waals surface area contributed by atoms with Gasteiger partial charge in [-0.2, -0.15) is 0 Å². The van der Waals surface area contributed by atoms with E-state index in [1.165, 1.54) is 0 Å². The van der Waals surface area contributed by atoms with Crippen LogP contribution in [0.5, 0.6) is 5.75 Å². The van der Waals surface area contributed by atoms with E-state index in [2.05, 4.69) is 22.8 Å². The number of alkyl carbamates (subject to hydrolysis) is 1. The van der Waals surface area contributed by atoms with Crippen LogP contribution in [0.2, 0.25) is 0 Å². The minimum atomic E-state index is -1.18. The number of hydrogen-bond acceptors (Lipinski definition) is 8. The molecule has 4 aliphatic rings. The Labute approximate surface area is 288 Å². The van der Waals surface area contributed by atoms with E-state index in [9.17, 15) is 19.2 Å². The summed E-state index contributed by atoms with van der Waals surface area (Å²) in [6.07, 6.45) is 8.96. The first kappa shape index (κ1) is 34.7.